The Bertz CT molecular complexity index is 639. The zero-order chi connectivity index (χ0) is 15.5. The Labute approximate surface area is 119 Å². The van der Waals surface area contributed by atoms with Crippen molar-refractivity contribution >= 4 is 6.41 Å². The SMILES string of the molecule is Cc1cc(CNC=O)cc(-c2ccc(C(F)(F)F)nc2)n1. The van der Waals surface area contributed by atoms with Gasteiger partial charge in [-0.2, -0.15) is 13.2 Å². The first kappa shape index (κ1) is 15.0. The number of aryl methyl sites for hydroxylation is 1. The molecule has 2 aromatic rings. The van der Waals surface area contributed by atoms with Crippen molar-refractivity contribution in [2.45, 2.75) is 19.6 Å². The number of hydrogen-bond acceptors (Lipinski definition) is 3. The number of rotatable bonds is 4. The predicted octanol–water partition coefficient (Wildman–Crippen LogP) is 2.72. The molecule has 0 saturated carbocycles. The van der Waals surface area contributed by atoms with Gasteiger partial charge in [0, 0.05) is 24.0 Å². The van der Waals surface area contributed by atoms with E-state index in [1.54, 1.807) is 19.1 Å². The van der Waals surface area contributed by atoms with Crippen molar-refractivity contribution in [3.05, 3.63) is 47.4 Å². The lowest BCUT2D eigenvalue weighted by atomic mass is 10.1. The molecule has 1 N–H and O–H groups in total. The first-order valence-electron chi connectivity index (χ1n) is 6.08. The second-order valence-electron chi connectivity index (χ2n) is 4.43. The molecule has 2 aromatic heterocycles. The fourth-order valence-corrected chi connectivity index (χ4v) is 1.86. The second kappa shape index (κ2) is 5.90. The van der Waals surface area contributed by atoms with Crippen LogP contribution in [-0.2, 0) is 17.5 Å². The topological polar surface area (TPSA) is 54.9 Å². The summed E-state index contributed by atoms with van der Waals surface area (Å²) in [5, 5.41) is 2.53. The van der Waals surface area contributed by atoms with E-state index in [2.05, 4.69) is 15.3 Å². The van der Waals surface area contributed by atoms with Crippen molar-refractivity contribution in [1.29, 1.82) is 0 Å². The predicted molar refractivity (Wildman–Crippen MR) is 70.1 cm³/mol. The molecule has 0 unspecified atom stereocenters. The number of amides is 1. The van der Waals surface area contributed by atoms with Crippen molar-refractivity contribution in [3.8, 4) is 11.3 Å². The van der Waals surface area contributed by atoms with E-state index in [1.165, 1.54) is 6.07 Å². The van der Waals surface area contributed by atoms with E-state index in [9.17, 15) is 18.0 Å². The molecular formula is C14H12F3N3O. The van der Waals surface area contributed by atoms with E-state index in [0.717, 1.165) is 17.8 Å². The standard InChI is InChI=1S/C14H12F3N3O/c1-9-4-10(6-18-8-21)5-12(20-9)11-2-3-13(19-7-11)14(15,16)17/h2-5,7-8H,6H2,1H3,(H,18,21). The van der Waals surface area contributed by atoms with Gasteiger partial charge in [0.25, 0.3) is 0 Å². The van der Waals surface area contributed by atoms with Crippen LogP contribution in [0.4, 0.5) is 13.2 Å². The maximum absolute atomic E-state index is 12.5. The summed E-state index contributed by atoms with van der Waals surface area (Å²) in [6.07, 6.45) is -2.74. The van der Waals surface area contributed by atoms with Gasteiger partial charge in [0.05, 0.1) is 5.69 Å². The van der Waals surface area contributed by atoms with Gasteiger partial charge in [-0.25, -0.2) is 0 Å². The van der Waals surface area contributed by atoms with E-state index in [-0.39, 0.29) is 0 Å². The number of nitrogens with one attached hydrogen (secondary N) is 1. The van der Waals surface area contributed by atoms with Crippen molar-refractivity contribution < 1.29 is 18.0 Å². The molecular weight excluding hydrogens is 283 g/mol. The Morgan fingerprint density at radius 3 is 2.62 bits per heavy atom. The van der Waals surface area contributed by atoms with Crippen molar-refractivity contribution in [1.82, 2.24) is 15.3 Å². The van der Waals surface area contributed by atoms with E-state index in [4.69, 9.17) is 0 Å². The van der Waals surface area contributed by atoms with Gasteiger partial charge in [-0.15, -0.1) is 0 Å². The fraction of sp³-hybridized carbons (Fsp3) is 0.214. The van der Waals surface area contributed by atoms with Crippen LogP contribution in [0.1, 0.15) is 17.0 Å². The molecule has 0 aliphatic rings. The molecule has 0 bridgehead atoms. The average Bonchev–Trinajstić information content (AvgIpc) is 2.44. The van der Waals surface area contributed by atoms with E-state index < -0.39 is 11.9 Å². The fourth-order valence-electron chi connectivity index (χ4n) is 1.86. The molecule has 0 saturated heterocycles. The van der Waals surface area contributed by atoms with Gasteiger partial charge in [-0.3, -0.25) is 14.8 Å². The summed E-state index contributed by atoms with van der Waals surface area (Å²) in [5.41, 5.74) is 1.57. The first-order valence-corrected chi connectivity index (χ1v) is 6.08. The number of carbonyl (C=O) groups excluding carboxylic acids is 1. The van der Waals surface area contributed by atoms with Crippen LogP contribution >= 0.6 is 0 Å². The van der Waals surface area contributed by atoms with Crippen LogP contribution in [0.5, 0.6) is 0 Å². The third-order valence-electron chi connectivity index (χ3n) is 2.75. The summed E-state index contributed by atoms with van der Waals surface area (Å²) < 4.78 is 37.4. The number of alkyl halides is 3. The van der Waals surface area contributed by atoms with Crippen LogP contribution in [0.3, 0.4) is 0 Å². The molecule has 21 heavy (non-hydrogen) atoms. The Hall–Kier alpha value is -2.44. The molecule has 7 heteroatoms. The van der Waals surface area contributed by atoms with Gasteiger partial charge in [0.1, 0.15) is 5.69 Å². The Morgan fingerprint density at radius 1 is 1.29 bits per heavy atom. The first-order chi connectivity index (χ1) is 9.90. The van der Waals surface area contributed by atoms with Crippen LogP contribution < -0.4 is 5.32 Å². The summed E-state index contributed by atoms with van der Waals surface area (Å²) in [5.74, 6) is 0. The summed E-state index contributed by atoms with van der Waals surface area (Å²) in [7, 11) is 0. The van der Waals surface area contributed by atoms with Gasteiger partial charge < -0.3 is 5.32 Å². The highest BCUT2D eigenvalue weighted by atomic mass is 19.4. The van der Waals surface area contributed by atoms with Crippen LogP contribution in [0.2, 0.25) is 0 Å². The molecule has 0 aliphatic carbocycles. The van der Waals surface area contributed by atoms with Crippen molar-refractivity contribution in [2.75, 3.05) is 0 Å². The largest absolute Gasteiger partial charge is 0.433 e. The molecule has 2 rings (SSSR count). The summed E-state index contributed by atoms with van der Waals surface area (Å²) in [6, 6.07) is 5.74. The smallest absolute Gasteiger partial charge is 0.355 e. The molecule has 0 atom stereocenters. The highest BCUT2D eigenvalue weighted by Gasteiger charge is 2.32. The summed E-state index contributed by atoms with van der Waals surface area (Å²) >= 11 is 0. The third-order valence-corrected chi connectivity index (χ3v) is 2.75. The number of halogens is 3. The zero-order valence-corrected chi connectivity index (χ0v) is 11.1. The van der Waals surface area contributed by atoms with Gasteiger partial charge >= 0.3 is 6.18 Å². The highest BCUT2D eigenvalue weighted by molar-refractivity contribution is 5.59. The molecule has 4 nitrogen and oxygen atoms in total. The van der Waals surface area contributed by atoms with Crippen LogP contribution in [-0.4, -0.2) is 16.4 Å². The summed E-state index contributed by atoms with van der Waals surface area (Å²) in [6.45, 7) is 2.10. The Balaban J connectivity index is 2.33. The van der Waals surface area contributed by atoms with E-state index in [0.29, 0.717) is 29.9 Å². The van der Waals surface area contributed by atoms with Gasteiger partial charge in [-0.05, 0) is 36.8 Å². The quantitative estimate of drug-likeness (QED) is 0.882. The minimum absolute atomic E-state index is 0.327. The molecule has 0 aliphatic heterocycles. The number of pyridine rings is 2. The number of carbonyl (C=O) groups is 1. The number of hydrogen-bond donors (Lipinski definition) is 1. The molecule has 0 aromatic carbocycles. The Kier molecular flexibility index (Phi) is 4.21. The lowest BCUT2D eigenvalue weighted by molar-refractivity contribution is -0.141. The highest BCUT2D eigenvalue weighted by Crippen LogP contribution is 2.28. The van der Waals surface area contributed by atoms with Crippen LogP contribution in [0.25, 0.3) is 11.3 Å². The van der Waals surface area contributed by atoms with Gasteiger partial charge in [-0.1, -0.05) is 0 Å². The molecule has 2 heterocycles. The second-order valence-corrected chi connectivity index (χ2v) is 4.43. The number of nitrogens with zero attached hydrogens (tertiary/aromatic N) is 2. The average molecular weight is 295 g/mol. The van der Waals surface area contributed by atoms with Crippen LogP contribution in [0, 0.1) is 6.92 Å². The molecule has 0 spiro atoms. The lowest BCUT2D eigenvalue weighted by Crippen LogP contribution is -2.10. The molecule has 1 amide bonds. The van der Waals surface area contributed by atoms with Gasteiger partial charge in [0.2, 0.25) is 6.41 Å². The monoisotopic (exact) mass is 295 g/mol. The maximum atomic E-state index is 12.5. The summed E-state index contributed by atoms with van der Waals surface area (Å²) in [4.78, 5) is 18.0. The van der Waals surface area contributed by atoms with Crippen LogP contribution in [0.15, 0.2) is 30.5 Å². The third kappa shape index (κ3) is 3.77. The normalized spacial score (nSPS) is 11.2. The van der Waals surface area contributed by atoms with Crippen molar-refractivity contribution in [3.63, 3.8) is 0 Å². The molecule has 0 fully saturated rings. The lowest BCUT2D eigenvalue weighted by Gasteiger charge is -2.08. The van der Waals surface area contributed by atoms with E-state index in [1.807, 2.05) is 0 Å². The minimum Gasteiger partial charge on any atom is -0.355 e. The molecule has 110 valence electrons. The minimum atomic E-state index is -4.46. The van der Waals surface area contributed by atoms with Gasteiger partial charge in [0.15, 0.2) is 0 Å². The molecule has 0 radical (unpaired) electrons. The zero-order valence-electron chi connectivity index (χ0n) is 11.1. The van der Waals surface area contributed by atoms with E-state index >= 15 is 0 Å². The van der Waals surface area contributed by atoms with Crippen molar-refractivity contribution in [2.24, 2.45) is 0 Å². The maximum Gasteiger partial charge on any atom is 0.433 e. The Morgan fingerprint density at radius 2 is 2.05 bits per heavy atom. The number of aromatic nitrogens is 2.